The van der Waals surface area contributed by atoms with Crippen molar-refractivity contribution >= 4 is 5.91 Å². The summed E-state index contributed by atoms with van der Waals surface area (Å²) in [6.45, 7) is 0.395. The first kappa shape index (κ1) is 13.1. The van der Waals surface area contributed by atoms with E-state index in [1.54, 1.807) is 4.90 Å². The Bertz CT molecular complexity index is 390. The van der Waals surface area contributed by atoms with Crippen molar-refractivity contribution in [2.75, 3.05) is 13.2 Å². The second-order valence-corrected chi connectivity index (χ2v) is 4.78. The van der Waals surface area contributed by atoms with Gasteiger partial charge in [-0.05, 0) is 24.8 Å². The van der Waals surface area contributed by atoms with Crippen LogP contribution in [0.4, 0.5) is 0 Å². The minimum absolute atomic E-state index is 0.000295. The van der Waals surface area contributed by atoms with Gasteiger partial charge in [0.25, 0.3) is 0 Å². The van der Waals surface area contributed by atoms with E-state index in [0.29, 0.717) is 19.0 Å². The number of nitrogens with zero attached hydrogens (tertiary/aromatic N) is 1. The lowest BCUT2D eigenvalue weighted by molar-refractivity contribution is -0.133. The average molecular weight is 248 g/mol. The second-order valence-electron chi connectivity index (χ2n) is 4.78. The summed E-state index contributed by atoms with van der Waals surface area (Å²) in [5.41, 5.74) is 7.04. The molecule has 1 atom stereocenters. The first-order valence-electron chi connectivity index (χ1n) is 6.43. The number of benzene rings is 1. The van der Waals surface area contributed by atoms with Gasteiger partial charge >= 0.3 is 0 Å². The maximum atomic E-state index is 12.2. The molecule has 1 aliphatic rings. The van der Waals surface area contributed by atoms with Crippen LogP contribution >= 0.6 is 0 Å². The van der Waals surface area contributed by atoms with Crippen LogP contribution in [0.1, 0.15) is 18.4 Å². The Morgan fingerprint density at radius 2 is 2.06 bits per heavy atom. The molecular weight excluding hydrogens is 228 g/mol. The van der Waals surface area contributed by atoms with Crippen molar-refractivity contribution in [2.45, 2.75) is 31.3 Å². The molecule has 18 heavy (non-hydrogen) atoms. The van der Waals surface area contributed by atoms with Crippen molar-refractivity contribution in [3.8, 4) is 0 Å². The quantitative estimate of drug-likeness (QED) is 0.772. The van der Waals surface area contributed by atoms with E-state index in [9.17, 15) is 4.79 Å². The van der Waals surface area contributed by atoms with Crippen molar-refractivity contribution in [2.24, 2.45) is 5.73 Å². The van der Waals surface area contributed by atoms with Crippen LogP contribution in [-0.2, 0) is 11.2 Å². The molecule has 4 nitrogen and oxygen atoms in total. The van der Waals surface area contributed by atoms with Gasteiger partial charge in [-0.15, -0.1) is 0 Å². The molecule has 0 aliphatic heterocycles. The first-order valence-corrected chi connectivity index (χ1v) is 6.43. The standard InChI is InChI=1S/C14H20N2O2/c15-13(10-11-4-2-1-3-5-11)14(18)16(8-9-17)12-6-7-12/h1-5,12-13,17H,6-10,15H2. The zero-order valence-corrected chi connectivity index (χ0v) is 10.5. The van der Waals surface area contributed by atoms with Gasteiger partial charge in [0.15, 0.2) is 0 Å². The van der Waals surface area contributed by atoms with E-state index in [1.807, 2.05) is 30.3 Å². The largest absolute Gasteiger partial charge is 0.395 e. The number of carbonyl (C=O) groups excluding carboxylic acids is 1. The predicted molar refractivity (Wildman–Crippen MR) is 69.9 cm³/mol. The molecule has 1 aromatic carbocycles. The Hall–Kier alpha value is -1.39. The highest BCUT2D eigenvalue weighted by Gasteiger charge is 2.34. The van der Waals surface area contributed by atoms with E-state index >= 15 is 0 Å². The maximum Gasteiger partial charge on any atom is 0.240 e. The van der Waals surface area contributed by atoms with E-state index in [2.05, 4.69) is 0 Å². The second kappa shape index (κ2) is 5.98. The van der Waals surface area contributed by atoms with Crippen molar-refractivity contribution in [1.29, 1.82) is 0 Å². The summed E-state index contributed by atoms with van der Waals surface area (Å²) in [5, 5.41) is 9.00. The zero-order valence-electron chi connectivity index (χ0n) is 10.5. The van der Waals surface area contributed by atoms with Gasteiger partial charge in [-0.2, -0.15) is 0 Å². The van der Waals surface area contributed by atoms with Gasteiger partial charge in [0.2, 0.25) is 5.91 Å². The molecule has 98 valence electrons. The molecule has 0 heterocycles. The van der Waals surface area contributed by atoms with Crippen LogP contribution in [-0.4, -0.2) is 41.1 Å². The zero-order chi connectivity index (χ0) is 13.0. The van der Waals surface area contributed by atoms with Crippen molar-refractivity contribution in [3.05, 3.63) is 35.9 Å². The van der Waals surface area contributed by atoms with Gasteiger partial charge in [-0.1, -0.05) is 30.3 Å². The van der Waals surface area contributed by atoms with Crippen LogP contribution in [0.3, 0.4) is 0 Å². The van der Waals surface area contributed by atoms with Crippen LogP contribution in [0.25, 0.3) is 0 Å². The van der Waals surface area contributed by atoms with Gasteiger partial charge in [0.05, 0.1) is 12.6 Å². The third-order valence-electron chi connectivity index (χ3n) is 3.23. The van der Waals surface area contributed by atoms with E-state index in [1.165, 1.54) is 0 Å². The van der Waals surface area contributed by atoms with Gasteiger partial charge in [0.1, 0.15) is 0 Å². The molecule has 4 heteroatoms. The summed E-state index contributed by atoms with van der Waals surface area (Å²) in [6.07, 6.45) is 2.61. The Kier molecular flexibility index (Phi) is 4.33. The Balaban J connectivity index is 1.94. The number of hydrogen-bond donors (Lipinski definition) is 2. The highest BCUT2D eigenvalue weighted by atomic mass is 16.3. The summed E-state index contributed by atoms with van der Waals surface area (Å²) in [7, 11) is 0. The fraction of sp³-hybridized carbons (Fsp3) is 0.500. The Morgan fingerprint density at radius 3 is 2.61 bits per heavy atom. The summed E-state index contributed by atoms with van der Waals surface area (Å²) < 4.78 is 0. The van der Waals surface area contributed by atoms with E-state index in [0.717, 1.165) is 18.4 Å². The Labute approximate surface area is 107 Å². The minimum atomic E-state index is -0.514. The van der Waals surface area contributed by atoms with Crippen LogP contribution in [0.15, 0.2) is 30.3 Å². The number of aliphatic hydroxyl groups excluding tert-OH is 1. The third kappa shape index (κ3) is 3.31. The molecule has 0 spiro atoms. The van der Waals surface area contributed by atoms with Crippen LogP contribution in [0, 0.1) is 0 Å². The smallest absolute Gasteiger partial charge is 0.240 e. The number of nitrogens with two attached hydrogens (primary N) is 1. The number of hydrogen-bond acceptors (Lipinski definition) is 3. The molecule has 3 N–H and O–H groups in total. The molecule has 1 saturated carbocycles. The van der Waals surface area contributed by atoms with E-state index in [-0.39, 0.29) is 12.5 Å². The average Bonchev–Trinajstić information content (AvgIpc) is 3.20. The number of amides is 1. The minimum Gasteiger partial charge on any atom is -0.395 e. The Morgan fingerprint density at radius 1 is 1.39 bits per heavy atom. The summed E-state index contributed by atoms with van der Waals surface area (Å²) >= 11 is 0. The topological polar surface area (TPSA) is 66.6 Å². The maximum absolute atomic E-state index is 12.2. The van der Waals surface area contributed by atoms with Crippen molar-refractivity contribution in [3.63, 3.8) is 0 Å². The molecule has 1 aromatic rings. The number of rotatable bonds is 6. The molecule has 1 aliphatic carbocycles. The molecular formula is C14H20N2O2. The van der Waals surface area contributed by atoms with Crippen LogP contribution < -0.4 is 5.73 Å². The molecule has 0 saturated heterocycles. The monoisotopic (exact) mass is 248 g/mol. The fourth-order valence-electron chi connectivity index (χ4n) is 2.13. The highest BCUT2D eigenvalue weighted by molar-refractivity contribution is 5.82. The normalized spacial score (nSPS) is 16.3. The van der Waals surface area contributed by atoms with Crippen molar-refractivity contribution < 1.29 is 9.90 Å². The molecule has 1 amide bonds. The van der Waals surface area contributed by atoms with Gasteiger partial charge in [0, 0.05) is 12.6 Å². The SMILES string of the molecule is NC(Cc1ccccc1)C(=O)N(CCO)C1CC1. The predicted octanol–water partition coefficient (Wildman–Crippen LogP) is 0.540. The molecule has 1 unspecified atom stereocenters. The number of carbonyl (C=O) groups is 1. The van der Waals surface area contributed by atoms with Crippen LogP contribution in [0.2, 0.25) is 0 Å². The first-order chi connectivity index (χ1) is 8.72. The molecule has 1 fully saturated rings. The lowest BCUT2D eigenvalue weighted by Gasteiger charge is -2.24. The van der Waals surface area contributed by atoms with E-state index < -0.39 is 6.04 Å². The summed E-state index contributed by atoms with van der Waals surface area (Å²) in [6, 6.07) is 9.56. The van der Waals surface area contributed by atoms with Gasteiger partial charge in [-0.25, -0.2) is 0 Å². The highest BCUT2D eigenvalue weighted by Crippen LogP contribution is 2.27. The van der Waals surface area contributed by atoms with Gasteiger partial charge < -0.3 is 15.7 Å². The molecule has 2 rings (SSSR count). The van der Waals surface area contributed by atoms with Crippen molar-refractivity contribution in [1.82, 2.24) is 4.90 Å². The third-order valence-corrected chi connectivity index (χ3v) is 3.23. The number of aliphatic hydroxyl groups is 1. The van der Waals surface area contributed by atoms with E-state index in [4.69, 9.17) is 10.8 Å². The van der Waals surface area contributed by atoms with Crippen LogP contribution in [0.5, 0.6) is 0 Å². The van der Waals surface area contributed by atoms with Gasteiger partial charge in [-0.3, -0.25) is 4.79 Å². The lowest BCUT2D eigenvalue weighted by atomic mass is 10.1. The fourth-order valence-corrected chi connectivity index (χ4v) is 2.13. The lowest BCUT2D eigenvalue weighted by Crippen LogP contribution is -2.47. The summed E-state index contributed by atoms with van der Waals surface area (Å²) in [4.78, 5) is 13.9. The molecule has 0 radical (unpaired) electrons. The molecule has 0 aromatic heterocycles. The molecule has 0 bridgehead atoms. The summed E-state index contributed by atoms with van der Waals surface area (Å²) in [5.74, 6) is -0.0459.